The average molecular weight is 415 g/mol. The number of carbonyl (C=O) groups is 2. The number of rotatable bonds is 5. The number of aryl methyl sites for hydroxylation is 1. The molecule has 0 saturated carbocycles. The lowest BCUT2D eigenvalue weighted by molar-refractivity contribution is -0.119. The predicted octanol–water partition coefficient (Wildman–Crippen LogP) is 5.42. The summed E-state index contributed by atoms with van der Waals surface area (Å²) < 4.78 is 5.78. The number of hydrogen-bond acceptors (Lipinski definition) is 3. The zero-order valence-electron chi connectivity index (χ0n) is 17.4. The molecule has 3 aromatic rings. The number of ether oxygens (including phenoxy) is 1. The lowest BCUT2D eigenvalue weighted by Gasteiger charge is -2.24. The first kappa shape index (κ1) is 20.5. The number of benzene rings is 3. The number of likely N-dealkylation sites (tertiary alicyclic amines) is 1. The number of anilines is 2. The van der Waals surface area contributed by atoms with Crippen LogP contribution in [-0.2, 0) is 4.79 Å². The molecule has 31 heavy (non-hydrogen) atoms. The second-order valence-corrected chi connectivity index (χ2v) is 7.58. The Hall–Kier alpha value is -3.80. The molecule has 0 radical (unpaired) electrons. The number of nitrogens with one attached hydrogen (secondary N) is 2. The highest BCUT2D eigenvalue weighted by molar-refractivity contribution is 5.99. The number of carbonyl (C=O) groups excluding carboxylic acids is 2. The van der Waals surface area contributed by atoms with Gasteiger partial charge in [0.15, 0.2) is 0 Å². The number of para-hydroxylation sites is 1. The Labute approximate surface area is 181 Å². The van der Waals surface area contributed by atoms with Crippen molar-refractivity contribution in [2.45, 2.75) is 25.8 Å². The molecule has 4 rings (SSSR count). The van der Waals surface area contributed by atoms with Crippen molar-refractivity contribution in [1.82, 2.24) is 4.90 Å². The third-order valence-electron chi connectivity index (χ3n) is 5.22. The standard InChI is InChI=1S/C25H25N3O3/c1-18-9-11-20(12-10-18)27-25(30)28-17-5-8-23(28)24(29)26-19-13-15-22(16-14-19)31-21-6-3-2-4-7-21/h2-4,6-7,9-16,23H,5,8,17H2,1H3,(H,26,29)(H,27,30)/t23-/m1/s1. The van der Waals surface area contributed by atoms with E-state index in [-0.39, 0.29) is 11.9 Å². The van der Waals surface area contributed by atoms with Crippen molar-refractivity contribution in [1.29, 1.82) is 0 Å². The lowest BCUT2D eigenvalue weighted by Crippen LogP contribution is -2.45. The van der Waals surface area contributed by atoms with Crippen molar-refractivity contribution in [3.63, 3.8) is 0 Å². The molecule has 1 aliphatic heterocycles. The number of amides is 3. The second kappa shape index (κ2) is 9.34. The molecule has 3 aromatic carbocycles. The number of hydrogen-bond donors (Lipinski definition) is 2. The molecule has 0 spiro atoms. The third kappa shape index (κ3) is 5.22. The fourth-order valence-corrected chi connectivity index (χ4v) is 3.57. The van der Waals surface area contributed by atoms with Crippen LogP contribution < -0.4 is 15.4 Å². The fourth-order valence-electron chi connectivity index (χ4n) is 3.57. The summed E-state index contributed by atoms with van der Waals surface area (Å²) in [4.78, 5) is 27.1. The van der Waals surface area contributed by atoms with Crippen LogP contribution in [-0.4, -0.2) is 29.4 Å². The highest BCUT2D eigenvalue weighted by Crippen LogP contribution is 2.24. The van der Waals surface area contributed by atoms with E-state index in [0.29, 0.717) is 24.4 Å². The first-order chi connectivity index (χ1) is 15.1. The summed E-state index contributed by atoms with van der Waals surface area (Å²) in [7, 11) is 0. The molecule has 1 aliphatic rings. The molecule has 0 bridgehead atoms. The maximum Gasteiger partial charge on any atom is 0.322 e. The molecular weight excluding hydrogens is 390 g/mol. The van der Waals surface area contributed by atoms with Gasteiger partial charge in [-0.1, -0.05) is 35.9 Å². The number of nitrogens with zero attached hydrogens (tertiary/aromatic N) is 1. The van der Waals surface area contributed by atoms with Gasteiger partial charge in [0.2, 0.25) is 5.91 Å². The summed E-state index contributed by atoms with van der Waals surface area (Å²) in [5.41, 5.74) is 2.50. The number of urea groups is 1. The molecule has 1 atom stereocenters. The summed E-state index contributed by atoms with van der Waals surface area (Å²) in [6.45, 7) is 2.55. The van der Waals surface area contributed by atoms with Crippen LogP contribution in [0.3, 0.4) is 0 Å². The van der Waals surface area contributed by atoms with E-state index in [1.807, 2.05) is 61.5 Å². The van der Waals surface area contributed by atoms with Crippen LogP contribution in [0.25, 0.3) is 0 Å². The van der Waals surface area contributed by atoms with Crippen LogP contribution in [0.15, 0.2) is 78.9 Å². The summed E-state index contributed by atoms with van der Waals surface area (Å²) >= 11 is 0. The Kier molecular flexibility index (Phi) is 6.17. The van der Waals surface area contributed by atoms with E-state index in [1.54, 1.807) is 29.2 Å². The largest absolute Gasteiger partial charge is 0.457 e. The van der Waals surface area contributed by atoms with E-state index in [0.717, 1.165) is 23.4 Å². The van der Waals surface area contributed by atoms with Gasteiger partial charge in [0, 0.05) is 17.9 Å². The Bertz CT molecular complexity index is 1030. The Morgan fingerprint density at radius 3 is 2.16 bits per heavy atom. The highest BCUT2D eigenvalue weighted by atomic mass is 16.5. The van der Waals surface area contributed by atoms with Crippen LogP contribution in [0.4, 0.5) is 16.2 Å². The first-order valence-electron chi connectivity index (χ1n) is 10.4. The van der Waals surface area contributed by atoms with Crippen LogP contribution >= 0.6 is 0 Å². The van der Waals surface area contributed by atoms with E-state index < -0.39 is 6.04 Å². The van der Waals surface area contributed by atoms with Crippen molar-refractivity contribution in [3.05, 3.63) is 84.4 Å². The molecule has 158 valence electrons. The van der Waals surface area contributed by atoms with Gasteiger partial charge in [-0.15, -0.1) is 0 Å². The second-order valence-electron chi connectivity index (χ2n) is 7.58. The van der Waals surface area contributed by atoms with Crippen molar-refractivity contribution >= 4 is 23.3 Å². The molecule has 1 fully saturated rings. The summed E-state index contributed by atoms with van der Waals surface area (Å²) in [6.07, 6.45) is 1.44. The van der Waals surface area contributed by atoms with Gasteiger partial charge in [0.25, 0.3) is 0 Å². The summed E-state index contributed by atoms with van der Waals surface area (Å²) in [5.74, 6) is 1.25. The average Bonchev–Trinajstić information content (AvgIpc) is 3.28. The van der Waals surface area contributed by atoms with Crippen LogP contribution in [0, 0.1) is 6.92 Å². The van der Waals surface area contributed by atoms with Crippen LogP contribution in [0.1, 0.15) is 18.4 Å². The zero-order chi connectivity index (χ0) is 21.6. The fraction of sp³-hybridized carbons (Fsp3) is 0.200. The normalized spacial score (nSPS) is 15.4. The van der Waals surface area contributed by atoms with Gasteiger partial charge < -0.3 is 20.3 Å². The van der Waals surface area contributed by atoms with Gasteiger partial charge >= 0.3 is 6.03 Å². The van der Waals surface area contributed by atoms with E-state index in [2.05, 4.69) is 10.6 Å². The molecule has 2 N–H and O–H groups in total. The van der Waals surface area contributed by atoms with Crippen LogP contribution in [0.5, 0.6) is 11.5 Å². The minimum Gasteiger partial charge on any atom is -0.457 e. The quantitative estimate of drug-likeness (QED) is 0.584. The molecule has 1 heterocycles. The van der Waals surface area contributed by atoms with Crippen molar-refractivity contribution in [2.75, 3.05) is 17.2 Å². The van der Waals surface area contributed by atoms with E-state index in [9.17, 15) is 9.59 Å². The van der Waals surface area contributed by atoms with Crippen molar-refractivity contribution in [2.24, 2.45) is 0 Å². The summed E-state index contributed by atoms with van der Waals surface area (Å²) in [5, 5.41) is 5.80. The Morgan fingerprint density at radius 1 is 0.839 bits per heavy atom. The Morgan fingerprint density at radius 2 is 1.45 bits per heavy atom. The van der Waals surface area contributed by atoms with Crippen molar-refractivity contribution in [3.8, 4) is 11.5 Å². The topological polar surface area (TPSA) is 70.7 Å². The van der Waals surface area contributed by atoms with Gasteiger partial charge in [-0.3, -0.25) is 4.79 Å². The van der Waals surface area contributed by atoms with Gasteiger partial charge in [-0.05, 0) is 68.3 Å². The minimum atomic E-state index is -0.495. The summed E-state index contributed by atoms with van der Waals surface area (Å²) in [6, 6.07) is 23.6. The molecule has 0 aromatic heterocycles. The van der Waals surface area contributed by atoms with Gasteiger partial charge in [-0.2, -0.15) is 0 Å². The molecule has 6 heteroatoms. The molecule has 1 saturated heterocycles. The van der Waals surface area contributed by atoms with E-state index >= 15 is 0 Å². The smallest absolute Gasteiger partial charge is 0.322 e. The van der Waals surface area contributed by atoms with Gasteiger partial charge in [0.1, 0.15) is 17.5 Å². The Balaban J connectivity index is 1.35. The third-order valence-corrected chi connectivity index (χ3v) is 5.22. The van der Waals surface area contributed by atoms with E-state index in [1.165, 1.54) is 0 Å². The van der Waals surface area contributed by atoms with Crippen molar-refractivity contribution < 1.29 is 14.3 Å². The maximum absolute atomic E-state index is 12.8. The molecule has 0 aliphatic carbocycles. The molecular formula is C25H25N3O3. The zero-order valence-corrected chi connectivity index (χ0v) is 17.4. The SMILES string of the molecule is Cc1ccc(NC(=O)N2CCC[C@@H]2C(=O)Nc2ccc(Oc3ccccc3)cc2)cc1. The lowest BCUT2D eigenvalue weighted by atomic mass is 10.2. The highest BCUT2D eigenvalue weighted by Gasteiger charge is 2.34. The van der Waals surface area contributed by atoms with E-state index in [4.69, 9.17) is 4.74 Å². The molecule has 3 amide bonds. The van der Waals surface area contributed by atoms with Crippen LogP contribution in [0.2, 0.25) is 0 Å². The molecule has 6 nitrogen and oxygen atoms in total. The first-order valence-corrected chi connectivity index (χ1v) is 10.4. The molecule has 0 unspecified atom stereocenters. The van der Waals surface area contributed by atoms with Gasteiger partial charge in [-0.25, -0.2) is 4.79 Å². The maximum atomic E-state index is 12.8. The monoisotopic (exact) mass is 415 g/mol. The van der Waals surface area contributed by atoms with Gasteiger partial charge in [0.05, 0.1) is 0 Å². The minimum absolute atomic E-state index is 0.187. The predicted molar refractivity (Wildman–Crippen MR) is 122 cm³/mol.